The summed E-state index contributed by atoms with van der Waals surface area (Å²) in [5.74, 6) is -0.121. The molecule has 1 saturated carbocycles. The molecule has 2 rings (SSSR count). The summed E-state index contributed by atoms with van der Waals surface area (Å²) in [5.41, 5.74) is 0.0299. The zero-order valence-corrected chi connectivity index (χ0v) is 9.85. The van der Waals surface area contributed by atoms with E-state index in [4.69, 9.17) is 0 Å². The molecular weight excluding hydrogens is 220 g/mol. The van der Waals surface area contributed by atoms with Crippen LogP contribution in [0.25, 0.3) is 0 Å². The lowest BCUT2D eigenvalue weighted by molar-refractivity contribution is 0.0903. The number of nitriles is 1. The van der Waals surface area contributed by atoms with E-state index in [9.17, 15) is 10.1 Å². The summed E-state index contributed by atoms with van der Waals surface area (Å²) in [5, 5.41) is 15.8. The third-order valence-corrected chi connectivity index (χ3v) is 3.74. The molecule has 1 fully saturated rings. The van der Waals surface area contributed by atoms with Gasteiger partial charge in [0.2, 0.25) is 0 Å². The van der Waals surface area contributed by atoms with E-state index >= 15 is 0 Å². The van der Waals surface area contributed by atoms with Gasteiger partial charge < -0.3 is 5.32 Å². The van der Waals surface area contributed by atoms with Gasteiger partial charge in [0.1, 0.15) is 5.54 Å². The fourth-order valence-electron chi connectivity index (χ4n) is 2.10. The van der Waals surface area contributed by atoms with Crippen molar-refractivity contribution in [3.63, 3.8) is 0 Å². The number of amides is 1. The molecule has 16 heavy (non-hydrogen) atoms. The molecule has 0 aliphatic heterocycles. The minimum atomic E-state index is -0.628. The Labute approximate surface area is 99.1 Å². The molecule has 1 aliphatic rings. The molecular formula is C12H14N2OS. The molecule has 0 bridgehead atoms. The molecule has 0 radical (unpaired) electrons. The predicted molar refractivity (Wildman–Crippen MR) is 63.2 cm³/mol. The van der Waals surface area contributed by atoms with Gasteiger partial charge in [0.15, 0.2) is 0 Å². The van der Waals surface area contributed by atoms with E-state index in [0.29, 0.717) is 5.56 Å². The number of thiophene rings is 1. The Hall–Kier alpha value is -1.34. The predicted octanol–water partition coefficient (Wildman–Crippen LogP) is 2.70. The Morgan fingerprint density at radius 3 is 2.75 bits per heavy atom. The van der Waals surface area contributed by atoms with Crippen LogP contribution >= 0.6 is 11.3 Å². The van der Waals surface area contributed by atoms with Crippen molar-refractivity contribution in [2.75, 3.05) is 0 Å². The Bertz CT molecular complexity index is 399. The van der Waals surface area contributed by atoms with Crippen molar-refractivity contribution in [1.82, 2.24) is 5.32 Å². The van der Waals surface area contributed by atoms with Gasteiger partial charge in [-0.05, 0) is 24.3 Å². The Balaban J connectivity index is 2.07. The SMILES string of the molecule is N#CC1(NC(=O)c2ccsc2)CCCCC1. The van der Waals surface area contributed by atoms with Gasteiger partial charge in [-0.3, -0.25) is 4.79 Å². The number of hydrogen-bond acceptors (Lipinski definition) is 3. The topological polar surface area (TPSA) is 52.9 Å². The van der Waals surface area contributed by atoms with E-state index in [2.05, 4.69) is 11.4 Å². The van der Waals surface area contributed by atoms with Crippen LogP contribution in [-0.4, -0.2) is 11.4 Å². The van der Waals surface area contributed by atoms with Crippen molar-refractivity contribution in [3.8, 4) is 6.07 Å². The van der Waals surface area contributed by atoms with Crippen molar-refractivity contribution in [2.45, 2.75) is 37.6 Å². The van der Waals surface area contributed by atoms with Gasteiger partial charge in [-0.2, -0.15) is 16.6 Å². The number of carbonyl (C=O) groups excluding carboxylic acids is 1. The standard InChI is InChI=1S/C12H14N2OS/c13-9-12(5-2-1-3-6-12)14-11(15)10-4-7-16-8-10/h4,7-8H,1-3,5-6H2,(H,14,15). The fourth-order valence-corrected chi connectivity index (χ4v) is 2.74. The minimum absolute atomic E-state index is 0.121. The van der Waals surface area contributed by atoms with Crippen molar-refractivity contribution in [1.29, 1.82) is 5.26 Å². The molecule has 1 heterocycles. The molecule has 3 nitrogen and oxygen atoms in total. The molecule has 0 spiro atoms. The first-order chi connectivity index (χ1) is 7.76. The molecule has 0 saturated heterocycles. The monoisotopic (exact) mass is 234 g/mol. The van der Waals surface area contributed by atoms with Crippen molar-refractivity contribution in [2.24, 2.45) is 0 Å². The molecule has 4 heteroatoms. The number of rotatable bonds is 2. The van der Waals surface area contributed by atoms with Crippen LogP contribution in [0.15, 0.2) is 16.8 Å². The van der Waals surface area contributed by atoms with E-state index in [1.807, 2.05) is 10.8 Å². The Kier molecular flexibility index (Phi) is 3.25. The van der Waals surface area contributed by atoms with E-state index in [0.717, 1.165) is 32.1 Å². The van der Waals surface area contributed by atoms with Crippen molar-refractivity contribution >= 4 is 17.2 Å². The highest BCUT2D eigenvalue weighted by Crippen LogP contribution is 2.27. The average Bonchev–Trinajstić information content (AvgIpc) is 2.84. The first kappa shape index (κ1) is 11.2. The van der Waals surface area contributed by atoms with Crippen LogP contribution in [0.2, 0.25) is 0 Å². The molecule has 1 aliphatic carbocycles. The van der Waals surface area contributed by atoms with E-state index in [1.165, 1.54) is 11.3 Å². The second-order valence-electron chi connectivity index (χ2n) is 4.22. The first-order valence-corrected chi connectivity index (χ1v) is 6.46. The lowest BCUT2D eigenvalue weighted by Crippen LogP contribution is -2.48. The summed E-state index contributed by atoms with van der Waals surface area (Å²) in [6.45, 7) is 0. The smallest absolute Gasteiger partial charge is 0.253 e. The zero-order valence-electron chi connectivity index (χ0n) is 9.03. The molecule has 1 aromatic rings. The molecule has 84 valence electrons. The second-order valence-corrected chi connectivity index (χ2v) is 5.00. The van der Waals surface area contributed by atoms with Crippen LogP contribution in [0.1, 0.15) is 42.5 Å². The highest BCUT2D eigenvalue weighted by atomic mass is 32.1. The normalized spacial score (nSPS) is 18.7. The molecule has 0 aromatic carbocycles. The number of hydrogen-bond donors (Lipinski definition) is 1. The first-order valence-electron chi connectivity index (χ1n) is 5.52. The van der Waals surface area contributed by atoms with Crippen LogP contribution in [0, 0.1) is 11.3 Å². The summed E-state index contributed by atoms with van der Waals surface area (Å²) in [7, 11) is 0. The minimum Gasteiger partial charge on any atom is -0.334 e. The average molecular weight is 234 g/mol. The Morgan fingerprint density at radius 2 is 2.19 bits per heavy atom. The van der Waals surface area contributed by atoms with Gasteiger partial charge in [0, 0.05) is 5.38 Å². The van der Waals surface area contributed by atoms with Crippen LogP contribution in [0.3, 0.4) is 0 Å². The molecule has 1 N–H and O–H groups in total. The van der Waals surface area contributed by atoms with E-state index < -0.39 is 5.54 Å². The maximum absolute atomic E-state index is 11.9. The van der Waals surface area contributed by atoms with Gasteiger partial charge in [-0.25, -0.2) is 0 Å². The van der Waals surface area contributed by atoms with Crippen LogP contribution < -0.4 is 5.32 Å². The molecule has 0 atom stereocenters. The highest BCUT2D eigenvalue weighted by Gasteiger charge is 2.33. The summed E-state index contributed by atoms with van der Waals surface area (Å²) >= 11 is 1.49. The van der Waals surface area contributed by atoms with Crippen molar-refractivity contribution < 1.29 is 4.79 Å². The van der Waals surface area contributed by atoms with Gasteiger partial charge in [-0.15, -0.1) is 0 Å². The van der Waals surface area contributed by atoms with E-state index in [1.54, 1.807) is 6.07 Å². The maximum atomic E-state index is 11.9. The van der Waals surface area contributed by atoms with Crippen LogP contribution in [-0.2, 0) is 0 Å². The summed E-state index contributed by atoms with van der Waals surface area (Å²) in [4.78, 5) is 11.9. The lowest BCUT2D eigenvalue weighted by atomic mass is 9.82. The summed E-state index contributed by atoms with van der Waals surface area (Å²) in [6, 6.07) is 4.07. The quantitative estimate of drug-likeness (QED) is 0.855. The molecule has 1 amide bonds. The van der Waals surface area contributed by atoms with E-state index in [-0.39, 0.29) is 5.91 Å². The van der Waals surface area contributed by atoms with Gasteiger partial charge in [0.25, 0.3) is 5.91 Å². The number of nitrogens with zero attached hydrogens (tertiary/aromatic N) is 1. The fraction of sp³-hybridized carbons (Fsp3) is 0.500. The maximum Gasteiger partial charge on any atom is 0.253 e. The number of carbonyl (C=O) groups is 1. The van der Waals surface area contributed by atoms with Gasteiger partial charge >= 0.3 is 0 Å². The number of nitrogens with one attached hydrogen (secondary N) is 1. The summed E-state index contributed by atoms with van der Waals surface area (Å²) < 4.78 is 0. The second kappa shape index (κ2) is 4.67. The van der Waals surface area contributed by atoms with Gasteiger partial charge in [-0.1, -0.05) is 19.3 Å². The molecule has 1 aromatic heterocycles. The van der Waals surface area contributed by atoms with Crippen LogP contribution in [0.5, 0.6) is 0 Å². The third kappa shape index (κ3) is 2.25. The van der Waals surface area contributed by atoms with Crippen LogP contribution in [0.4, 0.5) is 0 Å². The Morgan fingerprint density at radius 1 is 1.44 bits per heavy atom. The van der Waals surface area contributed by atoms with Crippen molar-refractivity contribution in [3.05, 3.63) is 22.4 Å². The third-order valence-electron chi connectivity index (χ3n) is 3.06. The molecule has 0 unspecified atom stereocenters. The highest BCUT2D eigenvalue weighted by molar-refractivity contribution is 7.08. The van der Waals surface area contributed by atoms with Gasteiger partial charge in [0.05, 0.1) is 11.6 Å². The zero-order chi connectivity index (χ0) is 11.4. The summed E-state index contributed by atoms with van der Waals surface area (Å²) in [6.07, 6.45) is 4.77. The lowest BCUT2D eigenvalue weighted by Gasteiger charge is -2.31. The largest absolute Gasteiger partial charge is 0.334 e.